The van der Waals surface area contributed by atoms with Crippen molar-refractivity contribution in [3.63, 3.8) is 0 Å². The van der Waals surface area contributed by atoms with Gasteiger partial charge < -0.3 is 15.4 Å². The number of amides is 1. The van der Waals surface area contributed by atoms with Gasteiger partial charge in [0.1, 0.15) is 24.4 Å². The van der Waals surface area contributed by atoms with Gasteiger partial charge in [0.15, 0.2) is 17.3 Å². The summed E-state index contributed by atoms with van der Waals surface area (Å²) in [5.74, 6) is -1.15. The second kappa shape index (κ2) is 9.53. The predicted molar refractivity (Wildman–Crippen MR) is 119 cm³/mol. The molecule has 3 heterocycles. The number of nitrogens with zero attached hydrogens (tertiary/aromatic N) is 4. The Hall–Kier alpha value is -3.63. The van der Waals surface area contributed by atoms with Crippen molar-refractivity contribution in [3.05, 3.63) is 35.4 Å². The standard InChI is InChI=1S/C22H22F7N7O3/c1-20(4-5-20)32-19(37)39-14-3-2-11(17(14)23)12-7-16(34-33-12)31-18-13-6-10(9-38-22(27,28)29)35-36(13)8-15(30-18)21(24,25)26/h6-8,11,14,17H,2-5,9H2,1H3,(H,32,37)(H2,30,31,33,34)/t11-,14-,17+/m0/s1. The van der Waals surface area contributed by atoms with Crippen molar-refractivity contribution in [1.29, 1.82) is 0 Å². The van der Waals surface area contributed by atoms with Crippen LogP contribution in [0.3, 0.4) is 0 Å². The van der Waals surface area contributed by atoms with Gasteiger partial charge >= 0.3 is 18.6 Å². The molecule has 5 rings (SSSR count). The highest BCUT2D eigenvalue weighted by Gasteiger charge is 2.43. The number of halogens is 7. The van der Waals surface area contributed by atoms with Gasteiger partial charge in [-0.1, -0.05) is 0 Å². The van der Waals surface area contributed by atoms with Crippen molar-refractivity contribution < 1.29 is 45.0 Å². The van der Waals surface area contributed by atoms with Gasteiger partial charge in [-0.2, -0.15) is 23.4 Å². The molecule has 0 unspecified atom stereocenters. The average Bonchev–Trinajstić information content (AvgIpc) is 3.18. The smallest absolute Gasteiger partial charge is 0.443 e. The van der Waals surface area contributed by atoms with Crippen LogP contribution >= 0.6 is 0 Å². The van der Waals surface area contributed by atoms with Gasteiger partial charge in [-0.05, 0) is 38.7 Å². The Labute approximate surface area is 215 Å². The molecular weight excluding hydrogens is 543 g/mol. The third kappa shape index (κ3) is 6.17. The minimum absolute atomic E-state index is 0.0241. The van der Waals surface area contributed by atoms with Crippen molar-refractivity contribution in [3.8, 4) is 0 Å². The number of hydrogen-bond donors (Lipinski definition) is 3. The molecule has 0 saturated heterocycles. The molecule has 3 aromatic rings. The first-order chi connectivity index (χ1) is 18.2. The number of fused-ring (bicyclic) bond motifs is 1. The van der Waals surface area contributed by atoms with Crippen molar-refractivity contribution >= 4 is 23.2 Å². The summed E-state index contributed by atoms with van der Waals surface area (Å²) in [5, 5.41) is 15.6. The molecule has 1 amide bonds. The molecule has 3 aromatic heterocycles. The maximum absolute atomic E-state index is 15.1. The summed E-state index contributed by atoms with van der Waals surface area (Å²) in [6.07, 6.45) is -10.4. The molecule has 2 aliphatic carbocycles. The second-order valence-corrected chi connectivity index (χ2v) is 9.76. The first kappa shape index (κ1) is 27.0. The molecule has 0 aliphatic heterocycles. The predicted octanol–water partition coefficient (Wildman–Crippen LogP) is 5.11. The van der Waals surface area contributed by atoms with E-state index in [9.17, 15) is 31.1 Å². The lowest BCUT2D eigenvalue weighted by molar-refractivity contribution is -0.330. The van der Waals surface area contributed by atoms with Gasteiger partial charge in [-0.25, -0.2) is 18.7 Å². The second-order valence-electron chi connectivity index (χ2n) is 9.76. The third-order valence-electron chi connectivity index (χ3n) is 6.59. The van der Waals surface area contributed by atoms with Crippen molar-refractivity contribution in [2.45, 2.75) is 75.5 Å². The Morgan fingerprint density at radius 2 is 1.95 bits per heavy atom. The number of carbonyl (C=O) groups excluding carboxylic acids is 1. The molecule has 10 nitrogen and oxygen atoms in total. The summed E-state index contributed by atoms with van der Waals surface area (Å²) in [5.41, 5.74) is -1.76. The maximum atomic E-state index is 15.1. The number of anilines is 2. The van der Waals surface area contributed by atoms with Gasteiger partial charge in [0.2, 0.25) is 0 Å². The third-order valence-corrected chi connectivity index (χ3v) is 6.59. The summed E-state index contributed by atoms with van der Waals surface area (Å²) in [6.45, 7) is 0.824. The Kier molecular flexibility index (Phi) is 6.59. The van der Waals surface area contributed by atoms with Gasteiger partial charge in [0.05, 0.1) is 11.9 Å². The van der Waals surface area contributed by atoms with Crippen LogP contribution in [-0.2, 0) is 22.3 Å². The summed E-state index contributed by atoms with van der Waals surface area (Å²) in [7, 11) is 0. The van der Waals surface area contributed by atoms with Gasteiger partial charge in [-0.3, -0.25) is 9.84 Å². The lowest BCUT2D eigenvalue weighted by atomic mass is 10.0. The van der Waals surface area contributed by atoms with Crippen molar-refractivity contribution in [2.24, 2.45) is 0 Å². The van der Waals surface area contributed by atoms with E-state index in [0.717, 1.165) is 23.4 Å². The minimum Gasteiger partial charge on any atom is -0.443 e. The minimum atomic E-state index is -4.96. The highest BCUT2D eigenvalue weighted by Crippen LogP contribution is 2.40. The topological polar surface area (TPSA) is 118 Å². The van der Waals surface area contributed by atoms with E-state index in [4.69, 9.17) is 4.74 Å². The summed E-state index contributed by atoms with van der Waals surface area (Å²) in [6, 6.07) is 2.45. The van der Waals surface area contributed by atoms with E-state index < -0.39 is 54.9 Å². The number of aromatic nitrogens is 5. The lowest BCUT2D eigenvalue weighted by Gasteiger charge is -2.19. The normalized spacial score (nSPS) is 22.7. The van der Waals surface area contributed by atoms with E-state index in [2.05, 4.69) is 35.7 Å². The molecule has 0 aromatic carbocycles. The largest absolute Gasteiger partial charge is 0.522 e. The van der Waals surface area contributed by atoms with Crippen LogP contribution in [0.15, 0.2) is 18.3 Å². The van der Waals surface area contributed by atoms with E-state index in [1.54, 1.807) is 0 Å². The first-order valence-corrected chi connectivity index (χ1v) is 11.8. The number of ether oxygens (including phenoxy) is 2. The SMILES string of the molecule is CC1(NC(=O)O[C@H]2CC[C@@H](c3cc(Nc4nc(C(F)(F)F)cn5nc(COC(F)(F)F)cc45)n[nH]3)[C@H]2F)CC1. The molecule has 2 saturated carbocycles. The Morgan fingerprint density at radius 1 is 1.21 bits per heavy atom. The quantitative estimate of drug-likeness (QED) is 0.341. The molecule has 0 spiro atoms. The monoisotopic (exact) mass is 565 g/mol. The van der Waals surface area contributed by atoms with Crippen LogP contribution < -0.4 is 10.6 Å². The number of nitrogens with one attached hydrogen (secondary N) is 3. The fourth-order valence-corrected chi connectivity index (χ4v) is 4.31. The van der Waals surface area contributed by atoms with Crippen LogP contribution in [0.1, 0.15) is 55.6 Å². The van der Waals surface area contributed by atoms with Crippen molar-refractivity contribution in [1.82, 2.24) is 30.1 Å². The van der Waals surface area contributed by atoms with E-state index in [1.165, 1.54) is 6.07 Å². The Balaban J connectivity index is 1.32. The number of aromatic amines is 1. The number of hydrogen-bond acceptors (Lipinski definition) is 7. The molecular formula is C22H22F7N7O3. The van der Waals surface area contributed by atoms with Crippen LogP contribution in [0.25, 0.3) is 5.52 Å². The van der Waals surface area contributed by atoms with Crippen LogP contribution in [0.5, 0.6) is 0 Å². The van der Waals surface area contributed by atoms with E-state index in [-0.39, 0.29) is 29.0 Å². The average molecular weight is 565 g/mol. The molecule has 0 radical (unpaired) electrons. The maximum Gasteiger partial charge on any atom is 0.522 e. The molecule has 2 fully saturated rings. The Morgan fingerprint density at radius 3 is 2.62 bits per heavy atom. The fraction of sp³-hybridized carbons (Fsp3) is 0.545. The molecule has 0 bridgehead atoms. The zero-order valence-electron chi connectivity index (χ0n) is 20.2. The molecule has 17 heteroatoms. The van der Waals surface area contributed by atoms with E-state index in [1.807, 2.05) is 6.92 Å². The molecule has 2 aliphatic rings. The summed E-state index contributed by atoms with van der Waals surface area (Å²) < 4.78 is 102. The lowest BCUT2D eigenvalue weighted by Crippen LogP contribution is -2.38. The van der Waals surface area contributed by atoms with E-state index in [0.29, 0.717) is 18.3 Å². The van der Waals surface area contributed by atoms with Crippen LogP contribution in [-0.4, -0.2) is 55.1 Å². The number of H-pyrrole nitrogens is 1. The molecule has 3 N–H and O–H groups in total. The number of alkyl carbamates (subject to hydrolysis) is 1. The summed E-state index contributed by atoms with van der Waals surface area (Å²) in [4.78, 5) is 15.6. The highest BCUT2D eigenvalue weighted by atomic mass is 19.4. The van der Waals surface area contributed by atoms with Crippen LogP contribution in [0, 0.1) is 0 Å². The zero-order valence-corrected chi connectivity index (χ0v) is 20.2. The molecule has 39 heavy (non-hydrogen) atoms. The molecule has 3 atom stereocenters. The zero-order chi connectivity index (χ0) is 28.2. The van der Waals surface area contributed by atoms with Crippen molar-refractivity contribution in [2.75, 3.05) is 5.32 Å². The van der Waals surface area contributed by atoms with Gasteiger partial charge in [0, 0.05) is 23.2 Å². The Bertz CT molecular complexity index is 1370. The molecule has 212 valence electrons. The number of rotatable bonds is 7. The van der Waals surface area contributed by atoms with Gasteiger partial charge in [0.25, 0.3) is 0 Å². The van der Waals surface area contributed by atoms with E-state index >= 15 is 4.39 Å². The summed E-state index contributed by atoms with van der Waals surface area (Å²) >= 11 is 0. The number of alkyl halides is 7. The van der Waals surface area contributed by atoms with Crippen LogP contribution in [0.2, 0.25) is 0 Å². The number of carbonyl (C=O) groups is 1. The van der Waals surface area contributed by atoms with Gasteiger partial charge in [-0.15, -0.1) is 13.2 Å². The fourth-order valence-electron chi connectivity index (χ4n) is 4.31. The van der Waals surface area contributed by atoms with Crippen LogP contribution in [0.4, 0.5) is 47.2 Å². The first-order valence-electron chi connectivity index (χ1n) is 11.8. The highest BCUT2D eigenvalue weighted by molar-refractivity contribution is 5.73.